The van der Waals surface area contributed by atoms with Crippen molar-refractivity contribution in [3.8, 4) is 11.5 Å². The van der Waals surface area contributed by atoms with Crippen LogP contribution in [0.1, 0.15) is 34.6 Å². The van der Waals surface area contributed by atoms with Crippen molar-refractivity contribution >= 4 is 40.1 Å². The highest BCUT2D eigenvalue weighted by molar-refractivity contribution is 14.1. The number of rotatable bonds is 10. The van der Waals surface area contributed by atoms with Crippen molar-refractivity contribution in [2.75, 3.05) is 45.7 Å². The molecule has 0 heterocycles. The molecular weight excluding hydrogens is 497 g/mol. The molecule has 0 fully saturated rings. The van der Waals surface area contributed by atoms with Gasteiger partial charge in [-0.15, -0.1) is 0 Å². The summed E-state index contributed by atoms with van der Waals surface area (Å²) in [5.74, 6) is 0.624. The van der Waals surface area contributed by atoms with Crippen LogP contribution in [0.2, 0.25) is 0 Å². The predicted molar refractivity (Wildman–Crippen MR) is 127 cm³/mol. The van der Waals surface area contributed by atoms with Crippen molar-refractivity contribution in [3.05, 3.63) is 51.1 Å². The Kier molecular flexibility index (Phi) is 9.38. The SMILES string of the molecule is CCN(CC)CCNC(=O)c1cc(I)c(NC(=O)c2ccc(OC)cc2)cc1OC. The van der Waals surface area contributed by atoms with Crippen LogP contribution in [0.5, 0.6) is 11.5 Å². The maximum atomic E-state index is 12.6. The first-order valence-corrected chi connectivity index (χ1v) is 10.8. The number of methoxy groups -OCH3 is 2. The van der Waals surface area contributed by atoms with E-state index in [-0.39, 0.29) is 11.8 Å². The zero-order chi connectivity index (χ0) is 22.1. The third kappa shape index (κ3) is 6.33. The lowest BCUT2D eigenvalue weighted by Gasteiger charge is -2.18. The molecule has 0 aliphatic heterocycles. The minimum Gasteiger partial charge on any atom is -0.497 e. The molecular formula is C22H28IN3O4. The minimum atomic E-state index is -0.256. The van der Waals surface area contributed by atoms with Crippen LogP contribution in [-0.2, 0) is 0 Å². The van der Waals surface area contributed by atoms with E-state index in [0.29, 0.717) is 34.9 Å². The number of benzene rings is 2. The summed E-state index contributed by atoms with van der Waals surface area (Å²) in [5, 5.41) is 5.81. The summed E-state index contributed by atoms with van der Waals surface area (Å²) in [5.41, 5.74) is 1.51. The first-order valence-electron chi connectivity index (χ1n) is 9.76. The second kappa shape index (κ2) is 11.8. The molecule has 2 aromatic carbocycles. The summed E-state index contributed by atoms with van der Waals surface area (Å²) in [7, 11) is 3.08. The van der Waals surface area contributed by atoms with Crippen LogP contribution in [0.15, 0.2) is 36.4 Å². The number of hydrogen-bond donors (Lipinski definition) is 2. The van der Waals surface area contributed by atoms with Crippen molar-refractivity contribution in [2.45, 2.75) is 13.8 Å². The van der Waals surface area contributed by atoms with Crippen molar-refractivity contribution in [1.82, 2.24) is 10.2 Å². The van der Waals surface area contributed by atoms with Crippen LogP contribution in [0.3, 0.4) is 0 Å². The number of amides is 2. The molecule has 0 unspecified atom stereocenters. The molecule has 2 aromatic rings. The molecule has 7 nitrogen and oxygen atoms in total. The molecule has 162 valence electrons. The van der Waals surface area contributed by atoms with E-state index < -0.39 is 0 Å². The molecule has 0 aliphatic rings. The van der Waals surface area contributed by atoms with Gasteiger partial charge in [-0.3, -0.25) is 9.59 Å². The normalized spacial score (nSPS) is 10.6. The van der Waals surface area contributed by atoms with E-state index in [1.54, 1.807) is 43.5 Å². The van der Waals surface area contributed by atoms with Gasteiger partial charge >= 0.3 is 0 Å². The molecule has 0 saturated heterocycles. The number of nitrogens with zero attached hydrogens (tertiary/aromatic N) is 1. The molecule has 2 rings (SSSR count). The molecule has 0 saturated carbocycles. The highest BCUT2D eigenvalue weighted by Gasteiger charge is 2.17. The summed E-state index contributed by atoms with van der Waals surface area (Å²) in [6.45, 7) is 7.40. The fourth-order valence-corrected chi connectivity index (χ4v) is 3.50. The Morgan fingerprint density at radius 2 is 1.67 bits per heavy atom. The van der Waals surface area contributed by atoms with E-state index >= 15 is 0 Å². The van der Waals surface area contributed by atoms with Gasteiger partial charge in [0.25, 0.3) is 11.8 Å². The average molecular weight is 525 g/mol. The summed E-state index contributed by atoms with van der Waals surface area (Å²) >= 11 is 2.10. The average Bonchev–Trinajstić information content (AvgIpc) is 2.77. The van der Waals surface area contributed by atoms with Crippen LogP contribution in [0.4, 0.5) is 5.69 Å². The second-order valence-corrected chi connectivity index (χ2v) is 7.66. The first kappa shape index (κ1) is 23.9. The fraction of sp³-hybridized carbons (Fsp3) is 0.364. The lowest BCUT2D eigenvalue weighted by molar-refractivity contribution is 0.0945. The van der Waals surface area contributed by atoms with Gasteiger partial charge in [0, 0.05) is 28.3 Å². The molecule has 30 heavy (non-hydrogen) atoms. The Morgan fingerprint density at radius 3 is 2.23 bits per heavy atom. The monoisotopic (exact) mass is 525 g/mol. The van der Waals surface area contributed by atoms with Gasteiger partial charge < -0.3 is 25.0 Å². The number of hydrogen-bond acceptors (Lipinski definition) is 5. The van der Waals surface area contributed by atoms with Gasteiger partial charge in [-0.05, 0) is 66.0 Å². The molecule has 2 N–H and O–H groups in total. The molecule has 0 radical (unpaired) electrons. The predicted octanol–water partition coefficient (Wildman–Crippen LogP) is 3.63. The zero-order valence-electron chi connectivity index (χ0n) is 17.8. The molecule has 0 atom stereocenters. The van der Waals surface area contributed by atoms with Gasteiger partial charge in [0.1, 0.15) is 11.5 Å². The summed E-state index contributed by atoms with van der Waals surface area (Å²) < 4.78 is 11.3. The number of anilines is 1. The van der Waals surface area contributed by atoms with Crippen LogP contribution in [0, 0.1) is 3.57 Å². The zero-order valence-corrected chi connectivity index (χ0v) is 19.9. The Balaban J connectivity index is 2.12. The van der Waals surface area contributed by atoms with Crippen LogP contribution >= 0.6 is 22.6 Å². The third-order valence-electron chi connectivity index (χ3n) is 4.74. The number of likely N-dealkylation sites (N-methyl/N-ethyl adjacent to an activating group) is 1. The third-order valence-corrected chi connectivity index (χ3v) is 5.63. The Labute approximate surface area is 191 Å². The van der Waals surface area contributed by atoms with Gasteiger partial charge in [-0.25, -0.2) is 0 Å². The second-order valence-electron chi connectivity index (χ2n) is 6.50. The minimum absolute atomic E-state index is 0.204. The van der Waals surface area contributed by atoms with Gasteiger partial charge in [0.15, 0.2) is 0 Å². The smallest absolute Gasteiger partial charge is 0.255 e. The number of nitrogens with one attached hydrogen (secondary N) is 2. The molecule has 0 bridgehead atoms. The van der Waals surface area contributed by atoms with Crippen molar-refractivity contribution < 1.29 is 19.1 Å². The quantitative estimate of drug-likeness (QED) is 0.464. The van der Waals surface area contributed by atoms with E-state index in [1.165, 1.54) is 7.11 Å². The van der Waals surface area contributed by atoms with E-state index in [4.69, 9.17) is 9.47 Å². The van der Waals surface area contributed by atoms with E-state index in [9.17, 15) is 9.59 Å². The topological polar surface area (TPSA) is 79.9 Å². The van der Waals surface area contributed by atoms with Crippen LogP contribution < -0.4 is 20.1 Å². The standard InChI is InChI=1S/C22H28IN3O4/c1-5-26(6-2)12-11-24-22(28)17-13-18(23)19(14-20(17)30-4)25-21(27)15-7-9-16(29-3)10-8-15/h7-10,13-14H,5-6,11-12H2,1-4H3,(H,24,28)(H,25,27). The number of carbonyl (C=O) groups excluding carboxylic acids is 2. The number of ether oxygens (including phenoxy) is 2. The maximum absolute atomic E-state index is 12.6. The van der Waals surface area contributed by atoms with E-state index in [0.717, 1.165) is 23.2 Å². The van der Waals surface area contributed by atoms with Gasteiger partial charge in [-0.1, -0.05) is 13.8 Å². The largest absolute Gasteiger partial charge is 0.497 e. The van der Waals surface area contributed by atoms with Crippen molar-refractivity contribution in [3.63, 3.8) is 0 Å². The fourth-order valence-electron chi connectivity index (χ4n) is 2.89. The van der Waals surface area contributed by atoms with Gasteiger partial charge in [0.05, 0.1) is 25.5 Å². The molecule has 2 amide bonds. The van der Waals surface area contributed by atoms with Crippen LogP contribution in [-0.4, -0.2) is 57.1 Å². The number of carbonyl (C=O) groups is 2. The summed E-state index contributed by atoms with van der Waals surface area (Å²) in [4.78, 5) is 27.4. The Hall–Kier alpha value is -2.33. The van der Waals surface area contributed by atoms with E-state index in [2.05, 4.69) is 52.0 Å². The highest BCUT2D eigenvalue weighted by atomic mass is 127. The first-order chi connectivity index (χ1) is 14.4. The van der Waals surface area contributed by atoms with E-state index in [1.807, 2.05) is 0 Å². The lowest BCUT2D eigenvalue weighted by atomic mass is 10.1. The highest BCUT2D eigenvalue weighted by Crippen LogP contribution is 2.29. The molecule has 0 spiro atoms. The summed E-state index contributed by atoms with van der Waals surface area (Å²) in [6.07, 6.45) is 0. The molecule has 0 aromatic heterocycles. The van der Waals surface area contributed by atoms with Crippen LogP contribution in [0.25, 0.3) is 0 Å². The Bertz CT molecular complexity index is 867. The lowest BCUT2D eigenvalue weighted by Crippen LogP contribution is -2.35. The maximum Gasteiger partial charge on any atom is 0.255 e. The Morgan fingerprint density at radius 1 is 1.00 bits per heavy atom. The summed E-state index contributed by atoms with van der Waals surface area (Å²) in [6, 6.07) is 10.2. The number of halogens is 1. The van der Waals surface area contributed by atoms with Crippen molar-refractivity contribution in [2.24, 2.45) is 0 Å². The van der Waals surface area contributed by atoms with Gasteiger partial charge in [-0.2, -0.15) is 0 Å². The molecule has 8 heteroatoms. The van der Waals surface area contributed by atoms with Crippen molar-refractivity contribution in [1.29, 1.82) is 0 Å². The molecule has 0 aliphatic carbocycles. The van der Waals surface area contributed by atoms with Gasteiger partial charge in [0.2, 0.25) is 0 Å².